The van der Waals surface area contributed by atoms with Gasteiger partial charge < -0.3 is 10.2 Å². The smallest absolute Gasteiger partial charge is 0.257 e. The summed E-state index contributed by atoms with van der Waals surface area (Å²) < 4.78 is 0. The van der Waals surface area contributed by atoms with Crippen molar-refractivity contribution in [2.75, 3.05) is 18.4 Å². The molecule has 2 heterocycles. The van der Waals surface area contributed by atoms with Crippen LogP contribution < -0.4 is 5.32 Å². The van der Waals surface area contributed by atoms with E-state index in [4.69, 9.17) is 0 Å². The van der Waals surface area contributed by atoms with Gasteiger partial charge in [0.25, 0.3) is 5.91 Å². The second kappa shape index (κ2) is 6.04. The van der Waals surface area contributed by atoms with Crippen LogP contribution in [0.2, 0.25) is 0 Å². The Balaban J connectivity index is 2.27. The fourth-order valence-electron chi connectivity index (χ4n) is 2.62. The summed E-state index contributed by atoms with van der Waals surface area (Å²) in [6, 6.07) is 2.28. The van der Waals surface area contributed by atoms with E-state index in [9.17, 15) is 4.79 Å². The standard InChI is InChI=1S/C15H23N3O/c1-4-16-14-9-11(2)17-10-13(14)15(19)18-8-6-5-7-12(18)3/h9-10,12H,4-8H2,1-3H3,(H,16,17). The Bertz CT molecular complexity index is 459. The lowest BCUT2D eigenvalue weighted by atomic mass is 10.0. The Morgan fingerprint density at radius 1 is 1.53 bits per heavy atom. The number of nitrogens with one attached hydrogen (secondary N) is 1. The van der Waals surface area contributed by atoms with Gasteiger partial charge in [0.15, 0.2) is 0 Å². The van der Waals surface area contributed by atoms with Crippen LogP contribution in [0.5, 0.6) is 0 Å². The molecule has 0 aliphatic carbocycles. The quantitative estimate of drug-likeness (QED) is 0.910. The Kier molecular flexibility index (Phi) is 4.40. The maximum absolute atomic E-state index is 12.7. The van der Waals surface area contributed by atoms with Crippen molar-refractivity contribution < 1.29 is 4.79 Å². The molecule has 4 nitrogen and oxygen atoms in total. The minimum Gasteiger partial charge on any atom is -0.385 e. The molecular formula is C15H23N3O. The van der Waals surface area contributed by atoms with Gasteiger partial charge in [0, 0.05) is 31.0 Å². The van der Waals surface area contributed by atoms with E-state index in [-0.39, 0.29) is 5.91 Å². The average Bonchev–Trinajstić information content (AvgIpc) is 2.39. The predicted molar refractivity (Wildman–Crippen MR) is 77.5 cm³/mol. The normalized spacial score (nSPS) is 19.3. The molecule has 0 bridgehead atoms. The molecule has 0 saturated carbocycles. The molecule has 19 heavy (non-hydrogen) atoms. The largest absolute Gasteiger partial charge is 0.385 e. The van der Waals surface area contributed by atoms with Crippen molar-refractivity contribution in [3.05, 3.63) is 23.5 Å². The van der Waals surface area contributed by atoms with Gasteiger partial charge in [-0.15, -0.1) is 0 Å². The molecule has 1 fully saturated rings. The summed E-state index contributed by atoms with van der Waals surface area (Å²) in [4.78, 5) is 18.9. The van der Waals surface area contributed by atoms with E-state index in [1.54, 1.807) is 6.20 Å². The molecule has 1 unspecified atom stereocenters. The molecule has 1 aliphatic heterocycles. The summed E-state index contributed by atoms with van der Waals surface area (Å²) in [6.07, 6.45) is 5.13. The molecule has 0 spiro atoms. The van der Waals surface area contributed by atoms with Crippen molar-refractivity contribution in [1.82, 2.24) is 9.88 Å². The van der Waals surface area contributed by atoms with Crippen molar-refractivity contribution in [3.63, 3.8) is 0 Å². The lowest BCUT2D eigenvalue weighted by Crippen LogP contribution is -2.42. The highest BCUT2D eigenvalue weighted by Gasteiger charge is 2.26. The Labute approximate surface area is 115 Å². The molecule has 1 amide bonds. The molecule has 1 saturated heterocycles. The molecule has 1 aliphatic rings. The first-order valence-electron chi connectivity index (χ1n) is 7.15. The number of carbonyl (C=O) groups excluding carboxylic acids is 1. The summed E-state index contributed by atoms with van der Waals surface area (Å²) >= 11 is 0. The number of piperidine rings is 1. The maximum atomic E-state index is 12.7. The van der Waals surface area contributed by atoms with E-state index < -0.39 is 0 Å². The van der Waals surface area contributed by atoms with Crippen LogP contribution in [0.3, 0.4) is 0 Å². The van der Waals surface area contributed by atoms with E-state index >= 15 is 0 Å². The molecule has 0 radical (unpaired) electrons. The number of amides is 1. The topological polar surface area (TPSA) is 45.2 Å². The number of carbonyl (C=O) groups is 1. The monoisotopic (exact) mass is 261 g/mol. The summed E-state index contributed by atoms with van der Waals surface area (Å²) in [5.74, 6) is 0.107. The summed E-state index contributed by atoms with van der Waals surface area (Å²) in [7, 11) is 0. The van der Waals surface area contributed by atoms with Gasteiger partial charge in [-0.05, 0) is 46.1 Å². The number of likely N-dealkylation sites (tertiary alicyclic amines) is 1. The SMILES string of the molecule is CCNc1cc(C)ncc1C(=O)N1CCCCC1C. The highest BCUT2D eigenvalue weighted by atomic mass is 16.2. The maximum Gasteiger partial charge on any atom is 0.257 e. The first kappa shape index (κ1) is 13.8. The second-order valence-electron chi connectivity index (χ2n) is 5.24. The van der Waals surface area contributed by atoms with E-state index in [1.165, 1.54) is 6.42 Å². The minimum absolute atomic E-state index is 0.107. The number of hydrogen-bond donors (Lipinski definition) is 1. The number of hydrogen-bond acceptors (Lipinski definition) is 3. The highest BCUT2D eigenvalue weighted by molar-refractivity contribution is 5.99. The summed E-state index contributed by atoms with van der Waals surface area (Å²) in [6.45, 7) is 7.77. The number of nitrogens with zero attached hydrogens (tertiary/aromatic N) is 2. The zero-order valence-corrected chi connectivity index (χ0v) is 12.1. The molecule has 1 N–H and O–H groups in total. The predicted octanol–water partition coefficient (Wildman–Crippen LogP) is 2.84. The number of pyridine rings is 1. The molecule has 1 aromatic rings. The zero-order valence-electron chi connectivity index (χ0n) is 12.1. The van der Waals surface area contributed by atoms with Gasteiger partial charge in [0.1, 0.15) is 0 Å². The molecule has 1 atom stereocenters. The second-order valence-corrected chi connectivity index (χ2v) is 5.24. The van der Waals surface area contributed by atoms with Gasteiger partial charge in [-0.25, -0.2) is 0 Å². The molecule has 4 heteroatoms. The van der Waals surface area contributed by atoms with E-state index in [1.807, 2.05) is 24.8 Å². The molecular weight excluding hydrogens is 238 g/mol. The number of anilines is 1. The van der Waals surface area contributed by atoms with Crippen LogP contribution in [0.1, 0.15) is 49.2 Å². The van der Waals surface area contributed by atoms with Gasteiger partial charge in [0.2, 0.25) is 0 Å². The van der Waals surface area contributed by atoms with E-state index in [2.05, 4.69) is 17.2 Å². The van der Waals surface area contributed by atoms with Gasteiger partial charge in [-0.1, -0.05) is 0 Å². The van der Waals surface area contributed by atoms with Crippen LogP contribution in [-0.2, 0) is 0 Å². The molecule has 1 aromatic heterocycles. The van der Waals surface area contributed by atoms with Crippen molar-refractivity contribution in [3.8, 4) is 0 Å². The van der Waals surface area contributed by atoms with Crippen LogP contribution in [0.4, 0.5) is 5.69 Å². The van der Waals surface area contributed by atoms with E-state index in [0.29, 0.717) is 11.6 Å². The van der Waals surface area contributed by atoms with Crippen molar-refractivity contribution >= 4 is 11.6 Å². The van der Waals surface area contributed by atoms with E-state index in [0.717, 1.165) is 37.3 Å². The van der Waals surface area contributed by atoms with Gasteiger partial charge >= 0.3 is 0 Å². The third-order valence-corrected chi connectivity index (χ3v) is 3.70. The number of aromatic nitrogens is 1. The van der Waals surface area contributed by atoms with Gasteiger partial charge in [0.05, 0.1) is 11.3 Å². The third-order valence-electron chi connectivity index (χ3n) is 3.70. The van der Waals surface area contributed by atoms with Crippen molar-refractivity contribution in [1.29, 1.82) is 0 Å². The Morgan fingerprint density at radius 2 is 2.32 bits per heavy atom. The Hall–Kier alpha value is -1.58. The Morgan fingerprint density at radius 3 is 3.00 bits per heavy atom. The fraction of sp³-hybridized carbons (Fsp3) is 0.600. The summed E-state index contributed by atoms with van der Waals surface area (Å²) in [5.41, 5.74) is 2.53. The first-order chi connectivity index (χ1) is 9.13. The molecule has 2 rings (SSSR count). The number of aryl methyl sites for hydroxylation is 1. The highest BCUT2D eigenvalue weighted by Crippen LogP contribution is 2.23. The lowest BCUT2D eigenvalue weighted by Gasteiger charge is -2.33. The van der Waals surface area contributed by atoms with Crippen LogP contribution in [-0.4, -0.2) is 34.9 Å². The fourth-order valence-corrected chi connectivity index (χ4v) is 2.62. The molecule has 0 aromatic carbocycles. The van der Waals surface area contributed by atoms with Crippen LogP contribution >= 0.6 is 0 Å². The van der Waals surface area contributed by atoms with Crippen LogP contribution in [0.25, 0.3) is 0 Å². The first-order valence-corrected chi connectivity index (χ1v) is 7.15. The van der Waals surface area contributed by atoms with Crippen molar-refractivity contribution in [2.24, 2.45) is 0 Å². The zero-order chi connectivity index (χ0) is 13.8. The average molecular weight is 261 g/mol. The van der Waals surface area contributed by atoms with Crippen LogP contribution in [0, 0.1) is 6.92 Å². The summed E-state index contributed by atoms with van der Waals surface area (Å²) in [5, 5.41) is 3.26. The number of rotatable bonds is 3. The van der Waals surface area contributed by atoms with Crippen molar-refractivity contribution in [2.45, 2.75) is 46.1 Å². The third kappa shape index (κ3) is 3.06. The lowest BCUT2D eigenvalue weighted by molar-refractivity contribution is 0.0636. The van der Waals surface area contributed by atoms with Gasteiger partial charge in [-0.2, -0.15) is 0 Å². The minimum atomic E-state index is 0.107. The van der Waals surface area contributed by atoms with Crippen LogP contribution in [0.15, 0.2) is 12.3 Å². The van der Waals surface area contributed by atoms with Gasteiger partial charge in [-0.3, -0.25) is 9.78 Å². The molecule has 104 valence electrons.